The summed E-state index contributed by atoms with van der Waals surface area (Å²) in [7, 11) is -3.23. The van der Waals surface area contributed by atoms with Gasteiger partial charge in [-0.15, -0.1) is 0 Å². The quantitative estimate of drug-likeness (QED) is 0.737. The van der Waals surface area contributed by atoms with Crippen molar-refractivity contribution in [1.29, 1.82) is 0 Å². The van der Waals surface area contributed by atoms with Crippen molar-refractivity contribution in [3.05, 3.63) is 22.7 Å². The van der Waals surface area contributed by atoms with Crippen molar-refractivity contribution >= 4 is 25.8 Å². The Morgan fingerprint density at radius 2 is 2.07 bits per heavy atom. The Balaban J connectivity index is 2.66. The molecule has 0 spiro atoms. The molecule has 0 aliphatic carbocycles. The van der Waals surface area contributed by atoms with Gasteiger partial charge < -0.3 is 4.74 Å². The third-order valence-corrected chi connectivity index (χ3v) is 4.72. The van der Waals surface area contributed by atoms with Gasteiger partial charge in [-0.05, 0) is 32.0 Å². The van der Waals surface area contributed by atoms with Gasteiger partial charge in [-0.1, -0.05) is 15.9 Å². The van der Waals surface area contributed by atoms with Crippen LogP contribution in [0.15, 0.2) is 27.6 Å². The van der Waals surface area contributed by atoms with E-state index in [2.05, 4.69) is 15.9 Å². The molecule has 1 aromatic carbocycles. The van der Waals surface area contributed by atoms with E-state index in [9.17, 15) is 8.42 Å². The zero-order valence-corrected chi connectivity index (χ0v) is 10.9. The molecule has 0 saturated carbocycles. The highest BCUT2D eigenvalue weighted by molar-refractivity contribution is 9.10. The van der Waals surface area contributed by atoms with Crippen molar-refractivity contribution in [3.8, 4) is 5.75 Å². The number of hydrogen-bond acceptors (Lipinski definition) is 3. The molecule has 1 aliphatic rings. The molecule has 0 radical (unpaired) electrons. The number of hydrogen-bond donors (Lipinski definition) is 0. The van der Waals surface area contributed by atoms with Crippen LogP contribution in [0.4, 0.5) is 0 Å². The van der Waals surface area contributed by atoms with Crippen molar-refractivity contribution in [3.63, 3.8) is 0 Å². The van der Waals surface area contributed by atoms with Crippen LogP contribution in [0.2, 0.25) is 0 Å². The van der Waals surface area contributed by atoms with Gasteiger partial charge in [0, 0.05) is 4.47 Å². The number of benzene rings is 1. The van der Waals surface area contributed by atoms with Crippen molar-refractivity contribution in [2.24, 2.45) is 0 Å². The maximum absolute atomic E-state index is 11.9. The van der Waals surface area contributed by atoms with E-state index in [0.717, 1.165) is 4.47 Å². The summed E-state index contributed by atoms with van der Waals surface area (Å²) in [5.74, 6) is 0.457. The molecule has 5 heteroatoms. The summed E-state index contributed by atoms with van der Waals surface area (Å²) < 4.78 is 30.2. The predicted molar refractivity (Wildman–Crippen MR) is 60.9 cm³/mol. The molecule has 2 rings (SSSR count). The number of fused-ring (bicyclic) bond motifs is 1. The van der Waals surface area contributed by atoms with Crippen LogP contribution in [0.1, 0.15) is 13.8 Å². The van der Waals surface area contributed by atoms with Crippen LogP contribution in [-0.2, 0) is 9.84 Å². The fourth-order valence-electron chi connectivity index (χ4n) is 1.67. The normalized spacial score (nSPS) is 21.5. The summed E-state index contributed by atoms with van der Waals surface area (Å²) in [6.45, 7) is 3.55. The second-order valence-electron chi connectivity index (χ2n) is 4.21. The first-order valence-electron chi connectivity index (χ1n) is 4.51. The van der Waals surface area contributed by atoms with E-state index in [0.29, 0.717) is 5.75 Å². The van der Waals surface area contributed by atoms with E-state index < -0.39 is 15.4 Å². The van der Waals surface area contributed by atoms with Gasteiger partial charge in [0.15, 0.2) is 9.84 Å². The standard InChI is InChI=1S/C10H11BrO3S/c1-10(2)6-15(12,13)9-5-7(11)3-4-8(9)14-10/h3-5H,6H2,1-2H3. The van der Waals surface area contributed by atoms with E-state index in [1.165, 1.54) is 0 Å². The highest BCUT2D eigenvalue weighted by Crippen LogP contribution is 2.36. The summed E-state index contributed by atoms with van der Waals surface area (Å²) >= 11 is 3.25. The largest absolute Gasteiger partial charge is 0.485 e. The average molecular weight is 291 g/mol. The first-order valence-corrected chi connectivity index (χ1v) is 6.96. The maximum atomic E-state index is 11.9. The Morgan fingerprint density at radius 1 is 1.40 bits per heavy atom. The van der Waals surface area contributed by atoms with Crippen LogP contribution < -0.4 is 4.74 Å². The first-order chi connectivity index (χ1) is 6.80. The zero-order valence-electron chi connectivity index (χ0n) is 8.45. The summed E-state index contributed by atoms with van der Waals surface area (Å²) in [6, 6.07) is 5.04. The van der Waals surface area contributed by atoms with E-state index in [4.69, 9.17) is 4.74 Å². The predicted octanol–water partition coefficient (Wildman–Crippen LogP) is 2.39. The molecule has 1 aromatic rings. The Labute approximate surface area is 97.5 Å². The second-order valence-corrected chi connectivity index (χ2v) is 7.09. The molecule has 0 saturated heterocycles. The molecule has 1 heterocycles. The fraction of sp³-hybridized carbons (Fsp3) is 0.400. The zero-order chi connectivity index (χ0) is 11.3. The van der Waals surface area contributed by atoms with Crippen molar-refractivity contribution < 1.29 is 13.2 Å². The third-order valence-electron chi connectivity index (χ3n) is 2.16. The lowest BCUT2D eigenvalue weighted by atomic mass is 10.2. The molecule has 0 unspecified atom stereocenters. The molecule has 0 fully saturated rings. The van der Waals surface area contributed by atoms with Crippen molar-refractivity contribution in [1.82, 2.24) is 0 Å². The molecule has 0 aromatic heterocycles. The topological polar surface area (TPSA) is 43.4 Å². The molecular formula is C10H11BrO3S. The van der Waals surface area contributed by atoms with Gasteiger partial charge in [-0.2, -0.15) is 0 Å². The highest BCUT2D eigenvalue weighted by atomic mass is 79.9. The van der Waals surface area contributed by atoms with Crippen LogP contribution >= 0.6 is 15.9 Å². The maximum Gasteiger partial charge on any atom is 0.185 e. The van der Waals surface area contributed by atoms with Crippen molar-refractivity contribution in [2.75, 3.05) is 5.75 Å². The third kappa shape index (κ3) is 2.03. The van der Waals surface area contributed by atoms with Gasteiger partial charge in [0.25, 0.3) is 0 Å². The highest BCUT2D eigenvalue weighted by Gasteiger charge is 2.37. The number of ether oxygens (including phenoxy) is 1. The summed E-state index contributed by atoms with van der Waals surface area (Å²) in [5, 5.41) is 0. The number of sulfone groups is 1. The molecule has 0 atom stereocenters. The van der Waals surface area contributed by atoms with Gasteiger partial charge in [0.05, 0.1) is 5.75 Å². The monoisotopic (exact) mass is 290 g/mol. The fourth-order valence-corrected chi connectivity index (χ4v) is 4.04. The van der Waals surface area contributed by atoms with Crippen LogP contribution in [-0.4, -0.2) is 19.8 Å². The minimum atomic E-state index is -3.23. The van der Waals surface area contributed by atoms with Gasteiger partial charge in [-0.3, -0.25) is 0 Å². The van der Waals surface area contributed by atoms with Crippen LogP contribution in [0, 0.1) is 0 Å². The molecule has 0 bridgehead atoms. The molecule has 1 aliphatic heterocycles. The number of halogens is 1. The Bertz CT molecular complexity index is 505. The minimum Gasteiger partial charge on any atom is -0.485 e. The minimum absolute atomic E-state index is 0.0173. The SMILES string of the molecule is CC1(C)CS(=O)(=O)c2cc(Br)ccc2O1. The van der Waals surface area contributed by atoms with Gasteiger partial charge in [0.1, 0.15) is 16.2 Å². The van der Waals surface area contributed by atoms with E-state index in [1.54, 1.807) is 32.0 Å². The van der Waals surface area contributed by atoms with E-state index in [1.807, 2.05) is 0 Å². The molecular weight excluding hydrogens is 280 g/mol. The molecule has 3 nitrogen and oxygen atoms in total. The number of rotatable bonds is 0. The average Bonchev–Trinajstić information content (AvgIpc) is 2.03. The smallest absolute Gasteiger partial charge is 0.185 e. The second kappa shape index (κ2) is 3.22. The summed E-state index contributed by atoms with van der Waals surface area (Å²) in [6.07, 6.45) is 0. The van der Waals surface area contributed by atoms with E-state index in [-0.39, 0.29) is 10.6 Å². The lowest BCUT2D eigenvalue weighted by Gasteiger charge is -2.32. The van der Waals surface area contributed by atoms with Gasteiger partial charge >= 0.3 is 0 Å². The van der Waals surface area contributed by atoms with Gasteiger partial charge in [-0.25, -0.2) is 8.42 Å². The lowest BCUT2D eigenvalue weighted by Crippen LogP contribution is -2.40. The van der Waals surface area contributed by atoms with Gasteiger partial charge in [0.2, 0.25) is 0 Å². The van der Waals surface area contributed by atoms with E-state index >= 15 is 0 Å². The lowest BCUT2D eigenvalue weighted by molar-refractivity contribution is 0.123. The van der Waals surface area contributed by atoms with Crippen LogP contribution in [0.25, 0.3) is 0 Å². The molecule has 0 N–H and O–H groups in total. The summed E-state index contributed by atoms with van der Waals surface area (Å²) in [4.78, 5) is 0.274. The molecule has 82 valence electrons. The van der Waals surface area contributed by atoms with Crippen molar-refractivity contribution in [2.45, 2.75) is 24.3 Å². The summed E-state index contributed by atoms with van der Waals surface area (Å²) in [5.41, 5.74) is -0.653. The molecule has 0 amide bonds. The Kier molecular flexibility index (Phi) is 2.35. The Hall–Kier alpha value is -0.550. The molecule has 15 heavy (non-hydrogen) atoms. The first kappa shape index (κ1) is 11.0. The Morgan fingerprint density at radius 3 is 2.73 bits per heavy atom. The van der Waals surface area contributed by atoms with Crippen LogP contribution in [0.3, 0.4) is 0 Å². The van der Waals surface area contributed by atoms with Crippen LogP contribution in [0.5, 0.6) is 5.75 Å².